The van der Waals surface area contributed by atoms with Crippen LogP contribution in [0.4, 0.5) is 0 Å². The van der Waals surface area contributed by atoms with Gasteiger partial charge in [-0.3, -0.25) is 0 Å². The van der Waals surface area contributed by atoms with Crippen molar-refractivity contribution >= 4 is 37.1 Å². The molecule has 0 saturated carbocycles. The third-order valence-corrected chi connectivity index (χ3v) is 4.71. The van der Waals surface area contributed by atoms with Crippen LogP contribution in [0.3, 0.4) is 0 Å². The first-order valence-corrected chi connectivity index (χ1v) is 18.3. The number of hydrogen-bond acceptors (Lipinski definition) is 2. The van der Waals surface area contributed by atoms with E-state index in [0.717, 1.165) is 12.8 Å². The maximum absolute atomic E-state index is 7.56. The van der Waals surface area contributed by atoms with Gasteiger partial charge in [-0.2, -0.15) is 12.8 Å². The Morgan fingerprint density at radius 1 is 0.429 bits per heavy atom. The van der Waals surface area contributed by atoms with Crippen LogP contribution in [0.2, 0.25) is 0 Å². The Balaban J connectivity index is -0.000000122. The molecule has 0 aromatic carbocycles. The molecule has 0 fully saturated rings. The molecular weight excluding hydrogens is 576 g/mol. The van der Waals surface area contributed by atoms with Crippen molar-refractivity contribution in [3.05, 3.63) is 13.8 Å². The van der Waals surface area contributed by atoms with Crippen molar-refractivity contribution in [2.24, 2.45) is 0 Å². The maximum Gasteiger partial charge on any atom is 2.00 e. The largest absolute Gasteiger partial charge is 2.00 e. The van der Waals surface area contributed by atoms with Crippen LogP contribution in [-0.2, 0) is 43.1 Å². The van der Waals surface area contributed by atoms with Crippen molar-refractivity contribution in [3.63, 3.8) is 0 Å². The van der Waals surface area contributed by atoms with Gasteiger partial charge < -0.3 is 43.2 Å². The Morgan fingerprint density at radius 3 is 0.714 bits per heavy atom. The molecule has 0 amide bonds. The van der Waals surface area contributed by atoms with E-state index in [1.807, 2.05) is 0 Å². The van der Waals surface area contributed by atoms with Crippen LogP contribution in [0, 0.1) is 13.8 Å². The van der Waals surface area contributed by atoms with Gasteiger partial charge in [-0.25, -0.2) is 0 Å². The van der Waals surface area contributed by atoms with Crippen LogP contribution in [0.5, 0.6) is 0 Å². The Morgan fingerprint density at radius 2 is 0.571 bits per heavy atom. The van der Waals surface area contributed by atoms with E-state index in [1.54, 1.807) is 0 Å². The smallest absolute Gasteiger partial charge is 0.343 e. The molecular formula is C24H56O6P2S2Zn. The predicted octanol–water partition coefficient (Wildman–Crippen LogP) is 7.86. The van der Waals surface area contributed by atoms with Gasteiger partial charge in [0.1, 0.15) is 0 Å². The Kier molecular flexibility index (Phi) is 50.3. The van der Waals surface area contributed by atoms with Crippen molar-refractivity contribution in [1.82, 2.24) is 0 Å². The summed E-state index contributed by atoms with van der Waals surface area (Å²) in [6, 6.07) is 0. The van der Waals surface area contributed by atoms with Gasteiger partial charge in [0.05, 0.1) is 0 Å². The second kappa shape index (κ2) is 37.8. The first-order valence-electron chi connectivity index (χ1n) is 13.0. The molecule has 0 aliphatic carbocycles. The summed E-state index contributed by atoms with van der Waals surface area (Å²) in [7, 11) is 0. The van der Waals surface area contributed by atoms with Crippen LogP contribution in [0.25, 0.3) is 0 Å². The van der Waals surface area contributed by atoms with Gasteiger partial charge in [-0.15, -0.1) is 0 Å². The van der Waals surface area contributed by atoms with Crippen molar-refractivity contribution < 1.29 is 48.8 Å². The predicted molar refractivity (Wildman–Crippen MR) is 156 cm³/mol. The minimum Gasteiger partial charge on any atom is -0.343 e. The van der Waals surface area contributed by atoms with E-state index in [4.69, 9.17) is 29.4 Å². The molecule has 0 rings (SSSR count). The molecule has 0 atom stereocenters. The van der Waals surface area contributed by atoms with Gasteiger partial charge in [-0.05, 0) is 23.6 Å². The van der Waals surface area contributed by atoms with E-state index in [2.05, 4.69) is 51.3 Å². The summed E-state index contributed by atoms with van der Waals surface area (Å²) >= 11 is 7.21. The van der Waals surface area contributed by atoms with E-state index >= 15 is 0 Å². The average molecular weight is 632 g/mol. The average Bonchev–Trinajstić information content (AvgIpc) is 2.70. The third-order valence-electron chi connectivity index (χ3n) is 4.71. The molecule has 0 aromatic heterocycles. The number of hydrogen-bond donors (Lipinski definition) is 6. The zero-order valence-corrected chi connectivity index (χ0v) is 29.0. The summed E-state index contributed by atoms with van der Waals surface area (Å²) in [4.78, 5) is 45.3. The molecule has 0 unspecified atom stereocenters. The van der Waals surface area contributed by atoms with Gasteiger partial charge >= 0.3 is 32.9 Å². The minimum absolute atomic E-state index is 0. The summed E-state index contributed by atoms with van der Waals surface area (Å²) in [6.45, 7) is 4.62. The van der Waals surface area contributed by atoms with Gasteiger partial charge in [0.15, 0.2) is 0 Å². The van der Waals surface area contributed by atoms with E-state index < -0.39 is 13.4 Å². The Bertz CT molecular complexity index is 375. The molecule has 0 saturated heterocycles. The standard InChI is InChI=1S/2C12H25.2H3O3PS.Zn/c2*1-3-5-7-9-11-12-10-8-6-4-2;2*1-4(2,3)5;/h2*1,3-12H2,2H3;2*(H3,1,2,3,5);/q2*-1;;;+2. The zero-order valence-electron chi connectivity index (χ0n) is 22.7. The molecule has 11 heteroatoms. The van der Waals surface area contributed by atoms with Crippen molar-refractivity contribution in [3.8, 4) is 0 Å². The fraction of sp³-hybridized carbons (Fsp3) is 0.917. The van der Waals surface area contributed by atoms with Gasteiger partial charge in [0.2, 0.25) is 0 Å². The quantitative estimate of drug-likeness (QED) is 0.0391. The minimum atomic E-state index is -3.81. The van der Waals surface area contributed by atoms with Crippen LogP contribution in [0.1, 0.15) is 142 Å². The molecule has 0 heterocycles. The molecule has 6 nitrogen and oxygen atoms in total. The summed E-state index contributed by atoms with van der Waals surface area (Å²) in [5.74, 6) is 0. The Hall–Kier alpha value is 1.68. The Labute approximate surface area is 241 Å². The molecule has 0 aliphatic rings. The first-order chi connectivity index (χ1) is 15.8. The van der Waals surface area contributed by atoms with Crippen molar-refractivity contribution in [2.75, 3.05) is 0 Å². The van der Waals surface area contributed by atoms with E-state index in [9.17, 15) is 0 Å². The second-order valence-electron chi connectivity index (χ2n) is 8.39. The topological polar surface area (TPSA) is 121 Å². The van der Waals surface area contributed by atoms with Crippen molar-refractivity contribution in [1.29, 1.82) is 0 Å². The fourth-order valence-electron chi connectivity index (χ4n) is 2.97. The third kappa shape index (κ3) is 104. The van der Waals surface area contributed by atoms with Crippen LogP contribution in [-0.4, -0.2) is 29.4 Å². The van der Waals surface area contributed by atoms with Gasteiger partial charge in [0, 0.05) is 0 Å². The van der Waals surface area contributed by atoms with E-state index in [0.29, 0.717) is 0 Å². The van der Waals surface area contributed by atoms with E-state index in [-0.39, 0.29) is 19.5 Å². The SMILES string of the molecule is OP(O)(O)=S.OP(O)(O)=S.[CH2-]CCCCCCCCCCC.[CH2-]CCCCCCCCCCC.[Zn+2]. The van der Waals surface area contributed by atoms with Gasteiger partial charge in [0.25, 0.3) is 0 Å². The molecule has 0 radical (unpaired) electrons. The summed E-state index contributed by atoms with van der Waals surface area (Å²) < 4.78 is 0. The number of rotatable bonds is 18. The molecule has 0 aliphatic heterocycles. The summed E-state index contributed by atoms with van der Waals surface area (Å²) in [5, 5.41) is 0. The van der Waals surface area contributed by atoms with Crippen molar-refractivity contribution in [2.45, 2.75) is 142 Å². The van der Waals surface area contributed by atoms with Crippen LogP contribution >= 0.6 is 13.4 Å². The normalized spacial score (nSPS) is 10.6. The second-order valence-corrected chi connectivity index (χ2v) is 13.4. The molecule has 6 N–H and O–H groups in total. The summed E-state index contributed by atoms with van der Waals surface area (Å²) in [5.41, 5.74) is 0. The van der Waals surface area contributed by atoms with Crippen LogP contribution in [0.15, 0.2) is 0 Å². The number of unbranched alkanes of at least 4 members (excludes halogenated alkanes) is 18. The zero-order chi connectivity index (χ0) is 27.1. The van der Waals surface area contributed by atoms with Gasteiger partial charge in [-0.1, -0.05) is 129 Å². The first kappa shape index (κ1) is 46.5. The molecule has 0 bridgehead atoms. The molecule has 212 valence electrons. The maximum atomic E-state index is 7.56. The monoisotopic (exact) mass is 630 g/mol. The van der Waals surface area contributed by atoms with E-state index in [1.165, 1.54) is 116 Å². The molecule has 0 spiro atoms. The summed E-state index contributed by atoms with van der Waals surface area (Å²) in [6.07, 6.45) is 27.8. The molecule has 0 aromatic rings. The van der Waals surface area contributed by atoms with Crippen LogP contribution < -0.4 is 0 Å². The fourth-order valence-corrected chi connectivity index (χ4v) is 2.97. The molecule has 35 heavy (non-hydrogen) atoms.